The van der Waals surface area contributed by atoms with Gasteiger partial charge in [0.1, 0.15) is 49.4 Å². The van der Waals surface area contributed by atoms with E-state index in [1.807, 2.05) is 13.8 Å². The normalized spacial score (nSPS) is 13.4. The molecule has 0 atom stereocenters. The molecular weight excluding hydrogens is 1810 g/mol. The molecule has 1 aliphatic heterocycles. The lowest BCUT2D eigenvalue weighted by Crippen LogP contribution is -2.41. The van der Waals surface area contributed by atoms with Gasteiger partial charge in [0, 0.05) is 126 Å². The van der Waals surface area contributed by atoms with Crippen LogP contribution in [-0.2, 0) is 104 Å². The molecule has 0 saturated carbocycles. The molecule has 1 aliphatic rings. The smallest absolute Gasteiger partial charge is 0.434 e. The maximum atomic E-state index is 14.7. The molecular formula is C62H94Cl8F4N20O19P4. The number of hydrogen-bond acceptors (Lipinski definition) is 23. The van der Waals surface area contributed by atoms with E-state index in [0.717, 1.165) is 17.2 Å². The zero-order chi connectivity index (χ0) is 87.9. The molecule has 5 heterocycles. The van der Waals surface area contributed by atoms with E-state index in [1.165, 1.54) is 84.0 Å². The number of nitro groups is 4. The van der Waals surface area contributed by atoms with Crippen LogP contribution in [0.15, 0.2) is 43.0 Å². The van der Waals surface area contributed by atoms with Crippen molar-refractivity contribution in [3.8, 4) is 17.2 Å². The highest BCUT2D eigenvalue weighted by atomic mass is 35.5. The molecule has 6 aromatic rings. The second-order valence-corrected chi connectivity index (χ2v) is 37.5. The van der Waals surface area contributed by atoms with E-state index < -0.39 is 104 Å². The quantitative estimate of drug-likeness (QED) is 0.00855. The Kier molecular flexibility index (Phi) is 44.8. The van der Waals surface area contributed by atoms with Crippen LogP contribution in [0.3, 0.4) is 0 Å². The molecule has 4 aromatic heterocycles. The zero-order valence-electron chi connectivity index (χ0n) is 65.7. The number of halogens is 12. The summed E-state index contributed by atoms with van der Waals surface area (Å²) in [6, 6.07) is 5.15. The molecule has 0 radical (unpaired) electrons. The van der Waals surface area contributed by atoms with Gasteiger partial charge in [-0.3, -0.25) is 27.3 Å². The lowest BCUT2D eigenvalue weighted by Gasteiger charge is -2.41. The van der Waals surface area contributed by atoms with Gasteiger partial charge in [-0.1, -0.05) is 29.9 Å². The molecule has 0 N–H and O–H groups in total. The Morgan fingerprint density at radius 1 is 0.487 bits per heavy atom. The average Bonchev–Trinajstić information content (AvgIpc) is 1.57. The summed E-state index contributed by atoms with van der Waals surface area (Å²) in [5.74, 6) is -6.83. The highest BCUT2D eigenvalue weighted by Crippen LogP contribution is 2.58. The molecule has 0 aliphatic carbocycles. The predicted molar refractivity (Wildman–Crippen MR) is 436 cm³/mol. The summed E-state index contributed by atoms with van der Waals surface area (Å²) in [6.45, 7) is 6.60. The van der Waals surface area contributed by atoms with Gasteiger partial charge in [0.25, 0.3) is 0 Å². The topological polar surface area (TPSA) is 403 Å². The van der Waals surface area contributed by atoms with Crippen LogP contribution in [0.5, 0.6) is 17.2 Å². The van der Waals surface area contributed by atoms with Gasteiger partial charge in [0.15, 0.2) is 42.1 Å². The van der Waals surface area contributed by atoms with Crippen LogP contribution < -0.4 is 14.2 Å². The van der Waals surface area contributed by atoms with E-state index >= 15 is 0 Å². The van der Waals surface area contributed by atoms with Gasteiger partial charge in [-0.05, 0) is 72.0 Å². The Morgan fingerprint density at radius 2 is 0.880 bits per heavy atom. The van der Waals surface area contributed by atoms with Crippen molar-refractivity contribution >= 4 is 147 Å². The number of nitrogens with zero attached hydrogens (tertiary/aromatic N) is 20. The maximum absolute atomic E-state index is 14.7. The summed E-state index contributed by atoms with van der Waals surface area (Å²) in [5.41, 5.74) is 0.485. The summed E-state index contributed by atoms with van der Waals surface area (Å²) < 4.78 is 169. The second-order valence-electron chi connectivity index (χ2n) is 24.5. The first kappa shape index (κ1) is 104. The number of hydrogen-bond donors (Lipinski definition) is 0. The second kappa shape index (κ2) is 50.4. The Bertz CT molecular complexity index is 4320. The third-order valence-corrected chi connectivity index (χ3v) is 29.5. The van der Waals surface area contributed by atoms with Crippen LogP contribution >= 0.6 is 123 Å². The summed E-state index contributed by atoms with van der Waals surface area (Å²) >= 11 is 46.3. The number of alkyl halides is 8. The molecule has 55 heteroatoms. The first-order valence-electron chi connectivity index (χ1n) is 35.1. The van der Waals surface area contributed by atoms with E-state index in [9.17, 15) is 76.3 Å². The highest BCUT2D eigenvalue weighted by Gasteiger charge is 2.43. The molecule has 1 saturated heterocycles. The molecule has 117 heavy (non-hydrogen) atoms. The first-order chi connectivity index (χ1) is 55.4. The van der Waals surface area contributed by atoms with E-state index in [2.05, 4.69) is 19.9 Å². The summed E-state index contributed by atoms with van der Waals surface area (Å²) in [7, 11) is -0.452. The monoisotopic (exact) mass is 1900 g/mol. The summed E-state index contributed by atoms with van der Waals surface area (Å²) in [6.07, 6.45) is 5.60. The Balaban J connectivity index is 0.000000332. The molecule has 1 fully saturated rings. The van der Waals surface area contributed by atoms with Gasteiger partial charge in [-0.2, -0.15) is 8.78 Å². The van der Waals surface area contributed by atoms with Crippen LogP contribution in [0.2, 0.25) is 0 Å². The van der Waals surface area contributed by atoms with Gasteiger partial charge in [-0.25, -0.2) is 74.4 Å². The molecule has 0 unspecified atom stereocenters. The molecule has 39 nitrogen and oxygen atoms in total. The van der Waals surface area contributed by atoms with Crippen molar-refractivity contribution < 1.29 is 87.8 Å². The number of benzene rings is 2. The fraction of sp³-hybridized carbons (Fsp3) is 0.613. The van der Waals surface area contributed by atoms with Crippen molar-refractivity contribution in [3.05, 3.63) is 141 Å². The van der Waals surface area contributed by atoms with Crippen LogP contribution in [0.4, 0.5) is 41.1 Å². The molecule has 660 valence electrons. The van der Waals surface area contributed by atoms with Crippen LogP contribution in [0.1, 0.15) is 54.4 Å². The minimum Gasteiger partial charge on any atom is -0.493 e. The fourth-order valence-corrected chi connectivity index (χ4v) is 22.3. The fourth-order valence-electron chi connectivity index (χ4n) is 10.8. The Hall–Kier alpha value is -5.24. The van der Waals surface area contributed by atoms with Crippen molar-refractivity contribution in [2.45, 2.75) is 59.9 Å². The number of aromatic nitrogens is 8. The van der Waals surface area contributed by atoms with Crippen molar-refractivity contribution in [1.29, 1.82) is 0 Å². The Morgan fingerprint density at radius 3 is 1.24 bits per heavy atom. The third-order valence-electron chi connectivity index (χ3n) is 17.4. The van der Waals surface area contributed by atoms with Crippen molar-refractivity contribution in [2.75, 3.05) is 161 Å². The van der Waals surface area contributed by atoms with Crippen LogP contribution in [0.25, 0.3) is 0 Å². The van der Waals surface area contributed by atoms with E-state index in [0.29, 0.717) is 135 Å². The SMILES string of the molecule is CCN(CCCl)P(=O)(OCc1cnc([N+](=O)[O-])n1C)N(CC)CCCl.CN(CCCl)P(=O)(OCc1c(F)c(F)c(OCc2ncc([N+](=O)[O-])n2C)c(F)c1F)N(C)CCCl.COc1cc(COP(=O)(N(C)CCCl)N(C)CCCl)ccc1OCc1ncc([N+](=O)[O-])n1C.Cn1c(COP2(=O)N(CCCl)CCCN2CCCl)cnc1[N+](=O)[O-]. The minimum atomic E-state index is -3.92. The minimum absolute atomic E-state index is 0.0121. The lowest BCUT2D eigenvalue weighted by molar-refractivity contribution is -0.396. The number of rotatable bonds is 47. The van der Waals surface area contributed by atoms with Crippen molar-refractivity contribution in [2.24, 2.45) is 28.2 Å². The molecule has 0 bridgehead atoms. The average molecular weight is 1910 g/mol. The number of imidazole rings is 4. The molecule has 0 amide bonds. The largest absolute Gasteiger partial charge is 0.493 e. The van der Waals surface area contributed by atoms with Crippen molar-refractivity contribution in [1.82, 2.24) is 75.6 Å². The Labute approximate surface area is 713 Å². The summed E-state index contributed by atoms with van der Waals surface area (Å²) in [4.78, 5) is 56.3. The predicted octanol–water partition coefficient (Wildman–Crippen LogP) is 13.8. The van der Waals surface area contributed by atoms with Gasteiger partial charge in [-0.15, -0.1) is 92.8 Å². The number of ether oxygens (including phenoxy) is 3. The van der Waals surface area contributed by atoms with Gasteiger partial charge in [0.2, 0.25) is 23.3 Å². The number of methoxy groups -OCH3 is 1. The van der Waals surface area contributed by atoms with Gasteiger partial charge >= 0.3 is 54.2 Å². The highest BCUT2D eigenvalue weighted by molar-refractivity contribution is 7.54. The first-order valence-corrected chi connectivity index (χ1v) is 45.5. The van der Waals surface area contributed by atoms with E-state index in [-0.39, 0.29) is 74.8 Å². The van der Waals surface area contributed by atoms with Crippen LogP contribution in [-0.4, -0.2) is 256 Å². The summed E-state index contributed by atoms with van der Waals surface area (Å²) in [5, 5.41) is 43.6. The van der Waals surface area contributed by atoms with Crippen molar-refractivity contribution in [3.63, 3.8) is 0 Å². The van der Waals surface area contributed by atoms with Gasteiger partial charge < -0.3 is 63.7 Å². The lowest BCUT2D eigenvalue weighted by atomic mass is 10.1. The zero-order valence-corrected chi connectivity index (χ0v) is 75.3. The standard InChI is InChI=1S/C19H28Cl2N5O6P.C18H22Cl2F4N5O5P.C13H24Cl2N5O4P.C12H20Cl2N5O4P/c1-23(9-7-20)33(29,24(2)10-8-21)32-13-15-5-6-16(17(11-15)30-4)31-14-18-22-12-19(25(18)3)26(27)28;1-26(6-4-19)35(32,27(2)7-5-20)34-9-11-14(21)16(23)18(17(24)15(11)22)33-10-12-25-8-13(28(12)3)29(30)31;1-4-18(8-6-14)25(23,19(5-2)9-7-15)24-11-12-10-16-13(17(12)3)20(21)22;1-16-11(9-15-12(16)19(20)21)10-23-24(22)17(7-3-13)5-2-6-18(24)8-4-14/h5-6,11-12H,7-10,13-14H2,1-4H3;8H,4-7,9-10H2,1-3H3;10H,4-9,11H2,1-3H3;9H,2-8,10H2,1H3. The molecule has 0 spiro atoms. The third kappa shape index (κ3) is 27.6. The maximum Gasteiger partial charge on any atom is 0.434 e. The van der Waals surface area contributed by atoms with E-state index in [4.69, 9.17) is 125 Å². The van der Waals surface area contributed by atoms with Crippen LogP contribution in [0, 0.1) is 63.7 Å². The van der Waals surface area contributed by atoms with E-state index in [1.54, 1.807) is 67.4 Å². The van der Waals surface area contributed by atoms with Gasteiger partial charge in [0.05, 0.1) is 54.1 Å². The molecule has 2 aromatic carbocycles. The molecule has 7 rings (SSSR count).